The predicted octanol–water partition coefficient (Wildman–Crippen LogP) is -0.258. The third-order valence-electron chi connectivity index (χ3n) is 2.91. The zero-order valence-corrected chi connectivity index (χ0v) is 7.91. The van der Waals surface area contributed by atoms with Crippen LogP contribution >= 0.6 is 0 Å². The average Bonchev–Trinajstić information content (AvgIpc) is 2.72. The number of hydrogen-bond donors (Lipinski definition) is 1. The van der Waals surface area contributed by atoms with Crippen molar-refractivity contribution in [1.29, 1.82) is 0 Å². The molecule has 1 N–H and O–H groups in total. The molecule has 13 heavy (non-hydrogen) atoms. The van der Waals surface area contributed by atoms with Gasteiger partial charge in [-0.2, -0.15) is 0 Å². The van der Waals surface area contributed by atoms with Crippen LogP contribution in [0.5, 0.6) is 0 Å². The number of rotatable bonds is 2. The smallest absolute Gasteiger partial charge is 0.246 e. The molecule has 0 aromatic heterocycles. The van der Waals surface area contributed by atoms with E-state index in [2.05, 4.69) is 12.2 Å². The second-order valence-corrected chi connectivity index (χ2v) is 4.03. The highest BCUT2D eigenvalue weighted by Crippen LogP contribution is 2.30. The van der Waals surface area contributed by atoms with Crippen molar-refractivity contribution in [2.75, 3.05) is 7.05 Å². The van der Waals surface area contributed by atoms with Crippen LogP contribution < -0.4 is 5.32 Å². The first-order valence-corrected chi connectivity index (χ1v) is 4.66. The molecule has 0 aromatic carbocycles. The SMILES string of the molecule is CC1CC1NC1CC(=O)N(C)C1=O. The molecule has 1 heterocycles. The van der Waals surface area contributed by atoms with Gasteiger partial charge in [0, 0.05) is 13.1 Å². The Morgan fingerprint density at radius 2 is 2.08 bits per heavy atom. The lowest BCUT2D eigenvalue weighted by molar-refractivity contribution is -0.137. The molecule has 0 spiro atoms. The van der Waals surface area contributed by atoms with Crippen molar-refractivity contribution >= 4 is 11.8 Å². The topological polar surface area (TPSA) is 49.4 Å². The fourth-order valence-corrected chi connectivity index (χ4v) is 1.70. The van der Waals surface area contributed by atoms with Gasteiger partial charge in [-0.15, -0.1) is 0 Å². The molecule has 2 aliphatic rings. The Morgan fingerprint density at radius 1 is 1.46 bits per heavy atom. The molecule has 3 atom stereocenters. The lowest BCUT2D eigenvalue weighted by Crippen LogP contribution is -2.38. The van der Waals surface area contributed by atoms with Crippen molar-refractivity contribution in [3.05, 3.63) is 0 Å². The quantitative estimate of drug-likeness (QED) is 0.599. The van der Waals surface area contributed by atoms with Crippen LogP contribution in [-0.4, -0.2) is 35.8 Å². The van der Waals surface area contributed by atoms with Gasteiger partial charge in [0.05, 0.1) is 12.5 Å². The normalized spacial score (nSPS) is 38.6. The first-order chi connectivity index (χ1) is 6.09. The zero-order valence-electron chi connectivity index (χ0n) is 7.91. The van der Waals surface area contributed by atoms with Crippen molar-refractivity contribution in [2.24, 2.45) is 5.92 Å². The number of nitrogens with one attached hydrogen (secondary N) is 1. The molecular formula is C9H14N2O2. The van der Waals surface area contributed by atoms with E-state index in [9.17, 15) is 9.59 Å². The highest BCUT2D eigenvalue weighted by Gasteiger charge is 2.41. The minimum Gasteiger partial charge on any atom is -0.302 e. The number of imide groups is 1. The highest BCUT2D eigenvalue weighted by molar-refractivity contribution is 6.05. The van der Waals surface area contributed by atoms with E-state index in [-0.39, 0.29) is 17.9 Å². The van der Waals surface area contributed by atoms with Crippen LogP contribution in [0.2, 0.25) is 0 Å². The summed E-state index contributed by atoms with van der Waals surface area (Å²) in [6, 6.07) is 0.195. The Bertz CT molecular complexity index is 264. The summed E-state index contributed by atoms with van der Waals surface area (Å²) in [4.78, 5) is 23.8. The summed E-state index contributed by atoms with van der Waals surface area (Å²) in [5, 5.41) is 3.20. The summed E-state index contributed by atoms with van der Waals surface area (Å²) in [5.74, 6) is 0.508. The fourth-order valence-electron chi connectivity index (χ4n) is 1.70. The Kier molecular flexibility index (Phi) is 1.87. The molecule has 2 amide bonds. The van der Waals surface area contributed by atoms with Gasteiger partial charge in [-0.3, -0.25) is 14.5 Å². The molecule has 4 nitrogen and oxygen atoms in total. The van der Waals surface area contributed by atoms with Gasteiger partial charge in [0.25, 0.3) is 0 Å². The van der Waals surface area contributed by atoms with Crippen molar-refractivity contribution in [2.45, 2.75) is 31.8 Å². The molecule has 1 saturated carbocycles. The maximum atomic E-state index is 11.4. The zero-order chi connectivity index (χ0) is 9.59. The van der Waals surface area contributed by atoms with E-state index < -0.39 is 0 Å². The first kappa shape index (κ1) is 8.69. The maximum Gasteiger partial charge on any atom is 0.246 e. The molecule has 0 bridgehead atoms. The van der Waals surface area contributed by atoms with Crippen LogP contribution in [0.25, 0.3) is 0 Å². The Hall–Kier alpha value is -0.900. The summed E-state index contributed by atoms with van der Waals surface area (Å²) in [7, 11) is 1.54. The summed E-state index contributed by atoms with van der Waals surface area (Å²) < 4.78 is 0. The molecule has 2 fully saturated rings. The Morgan fingerprint density at radius 3 is 2.46 bits per heavy atom. The van der Waals surface area contributed by atoms with Crippen LogP contribution in [0.15, 0.2) is 0 Å². The number of carbonyl (C=O) groups excluding carboxylic acids is 2. The molecule has 0 aromatic rings. The third kappa shape index (κ3) is 1.46. The first-order valence-electron chi connectivity index (χ1n) is 4.66. The van der Waals surface area contributed by atoms with E-state index in [1.165, 1.54) is 4.90 Å². The number of carbonyl (C=O) groups is 2. The summed E-state index contributed by atoms with van der Waals surface area (Å²) in [6.07, 6.45) is 1.46. The van der Waals surface area contributed by atoms with Crippen molar-refractivity contribution in [1.82, 2.24) is 10.2 Å². The van der Waals surface area contributed by atoms with Crippen LogP contribution in [0.3, 0.4) is 0 Å². The second-order valence-electron chi connectivity index (χ2n) is 4.03. The van der Waals surface area contributed by atoms with Gasteiger partial charge >= 0.3 is 0 Å². The number of likely N-dealkylation sites (tertiary alicyclic amines) is 1. The Balaban J connectivity index is 1.94. The van der Waals surface area contributed by atoms with Gasteiger partial charge in [-0.1, -0.05) is 6.92 Å². The lowest BCUT2D eigenvalue weighted by Gasteiger charge is -2.09. The van der Waals surface area contributed by atoms with E-state index in [1.807, 2.05) is 0 Å². The number of hydrogen-bond acceptors (Lipinski definition) is 3. The van der Waals surface area contributed by atoms with E-state index in [1.54, 1.807) is 7.05 Å². The van der Waals surface area contributed by atoms with Gasteiger partial charge in [0.1, 0.15) is 0 Å². The fraction of sp³-hybridized carbons (Fsp3) is 0.778. The van der Waals surface area contributed by atoms with Gasteiger partial charge in [-0.05, 0) is 12.3 Å². The highest BCUT2D eigenvalue weighted by atomic mass is 16.2. The largest absolute Gasteiger partial charge is 0.302 e. The summed E-state index contributed by atoms with van der Waals surface area (Å²) in [6.45, 7) is 2.14. The number of likely N-dealkylation sites (N-methyl/N-ethyl adjacent to an activating group) is 1. The minimum atomic E-state index is -0.257. The molecule has 1 saturated heterocycles. The van der Waals surface area contributed by atoms with Crippen molar-refractivity contribution in [3.63, 3.8) is 0 Å². The van der Waals surface area contributed by atoms with E-state index in [4.69, 9.17) is 0 Å². The van der Waals surface area contributed by atoms with E-state index >= 15 is 0 Å². The molecule has 3 unspecified atom stereocenters. The molecular weight excluding hydrogens is 168 g/mol. The second kappa shape index (κ2) is 2.80. The molecule has 1 aliphatic carbocycles. The molecule has 0 radical (unpaired) electrons. The summed E-state index contributed by atoms with van der Waals surface area (Å²) in [5.41, 5.74) is 0. The Labute approximate surface area is 77.3 Å². The van der Waals surface area contributed by atoms with E-state index in [0.717, 1.165) is 6.42 Å². The molecule has 2 rings (SSSR count). The summed E-state index contributed by atoms with van der Waals surface area (Å²) >= 11 is 0. The maximum absolute atomic E-state index is 11.4. The molecule has 1 aliphatic heterocycles. The minimum absolute atomic E-state index is 0.0733. The van der Waals surface area contributed by atoms with Gasteiger partial charge in [0.15, 0.2) is 0 Å². The van der Waals surface area contributed by atoms with Gasteiger partial charge < -0.3 is 5.32 Å². The molecule has 72 valence electrons. The standard InChI is InChI=1S/C9H14N2O2/c1-5-3-6(5)10-7-4-8(12)11(2)9(7)13/h5-7,10H,3-4H2,1-2H3. The van der Waals surface area contributed by atoms with Crippen LogP contribution in [-0.2, 0) is 9.59 Å². The van der Waals surface area contributed by atoms with Crippen LogP contribution in [0.4, 0.5) is 0 Å². The van der Waals surface area contributed by atoms with E-state index in [0.29, 0.717) is 18.4 Å². The van der Waals surface area contributed by atoms with Crippen LogP contribution in [0.1, 0.15) is 19.8 Å². The third-order valence-corrected chi connectivity index (χ3v) is 2.91. The number of nitrogens with zero attached hydrogens (tertiary/aromatic N) is 1. The van der Waals surface area contributed by atoms with Crippen LogP contribution in [0, 0.1) is 5.92 Å². The molecule has 4 heteroatoms. The van der Waals surface area contributed by atoms with Gasteiger partial charge in [0.2, 0.25) is 11.8 Å². The van der Waals surface area contributed by atoms with Crippen molar-refractivity contribution in [3.8, 4) is 0 Å². The average molecular weight is 182 g/mol. The van der Waals surface area contributed by atoms with Crippen molar-refractivity contribution < 1.29 is 9.59 Å². The lowest BCUT2D eigenvalue weighted by atomic mass is 10.2. The number of amides is 2. The predicted molar refractivity (Wildman–Crippen MR) is 46.9 cm³/mol. The van der Waals surface area contributed by atoms with Gasteiger partial charge in [-0.25, -0.2) is 0 Å². The monoisotopic (exact) mass is 182 g/mol.